The molecule has 3 aromatic rings. The molecule has 0 bridgehead atoms. The first-order chi connectivity index (χ1) is 13.7. The molecule has 0 fully saturated rings. The molecule has 152 valence electrons. The number of carbonyl (C=O) groups is 1. The molecule has 1 heterocycles. The lowest BCUT2D eigenvalue weighted by atomic mass is 10.1. The van der Waals surface area contributed by atoms with Crippen LogP contribution in [-0.2, 0) is 10.0 Å². The zero-order chi connectivity index (χ0) is 21.2. The van der Waals surface area contributed by atoms with Crippen molar-refractivity contribution >= 4 is 21.6 Å². The van der Waals surface area contributed by atoms with Crippen LogP contribution in [0.25, 0.3) is 5.69 Å². The molecular formula is C21H23N3O4S. The third-order valence-electron chi connectivity index (χ3n) is 4.53. The van der Waals surface area contributed by atoms with Gasteiger partial charge < -0.3 is 14.6 Å². The Bertz CT molecular complexity index is 1140. The fourth-order valence-corrected chi connectivity index (χ4v) is 3.95. The predicted molar refractivity (Wildman–Crippen MR) is 112 cm³/mol. The van der Waals surface area contributed by atoms with Gasteiger partial charge in [-0.05, 0) is 55.0 Å². The molecule has 2 aromatic carbocycles. The Morgan fingerprint density at radius 1 is 1.07 bits per heavy atom. The molecule has 29 heavy (non-hydrogen) atoms. The fourth-order valence-electron chi connectivity index (χ4n) is 2.88. The molecule has 0 aliphatic rings. The summed E-state index contributed by atoms with van der Waals surface area (Å²) in [5.41, 5.74) is 2.75. The van der Waals surface area contributed by atoms with E-state index in [9.17, 15) is 13.2 Å². The van der Waals surface area contributed by atoms with Gasteiger partial charge in [0, 0.05) is 43.4 Å². The van der Waals surface area contributed by atoms with E-state index in [0.29, 0.717) is 11.3 Å². The number of carbonyl (C=O) groups excluding carboxylic acids is 1. The molecule has 0 unspecified atom stereocenters. The number of nitrogens with one attached hydrogen (secondary N) is 1. The first-order valence-corrected chi connectivity index (χ1v) is 10.3. The molecule has 8 heteroatoms. The molecular weight excluding hydrogens is 390 g/mol. The number of aromatic nitrogens is 1. The van der Waals surface area contributed by atoms with E-state index in [4.69, 9.17) is 4.74 Å². The summed E-state index contributed by atoms with van der Waals surface area (Å²) in [5, 5.41) is 2.77. The molecule has 1 N–H and O–H groups in total. The number of nitrogens with zero attached hydrogens (tertiary/aromatic N) is 2. The van der Waals surface area contributed by atoms with Gasteiger partial charge in [0.25, 0.3) is 5.91 Å². The van der Waals surface area contributed by atoms with Crippen LogP contribution < -0.4 is 10.1 Å². The lowest BCUT2D eigenvalue weighted by Gasteiger charge is -2.16. The summed E-state index contributed by atoms with van der Waals surface area (Å²) in [6.07, 6.45) is 3.82. The van der Waals surface area contributed by atoms with Crippen LogP contribution in [0.3, 0.4) is 0 Å². The van der Waals surface area contributed by atoms with Crippen molar-refractivity contribution in [2.45, 2.75) is 11.8 Å². The van der Waals surface area contributed by atoms with Gasteiger partial charge in [-0.3, -0.25) is 4.79 Å². The number of amides is 1. The standard InChI is InChI=1S/C21H23N3O4S/c1-15-7-8-16(13-18(15)24-11-5-6-12-24)21(25)22-17-9-10-19(28-4)20(14-17)29(26,27)23(2)3/h5-14H,1-4H3,(H,22,25). The lowest BCUT2D eigenvalue weighted by molar-refractivity contribution is 0.102. The number of methoxy groups -OCH3 is 1. The minimum atomic E-state index is -3.73. The van der Waals surface area contributed by atoms with Crippen LogP contribution in [-0.4, -0.2) is 44.4 Å². The van der Waals surface area contributed by atoms with Crippen LogP contribution >= 0.6 is 0 Å². The Labute approximate surface area is 170 Å². The highest BCUT2D eigenvalue weighted by atomic mass is 32.2. The number of hydrogen-bond donors (Lipinski definition) is 1. The zero-order valence-corrected chi connectivity index (χ0v) is 17.5. The van der Waals surface area contributed by atoms with Crippen LogP contribution in [0.2, 0.25) is 0 Å². The van der Waals surface area contributed by atoms with Gasteiger partial charge in [0.15, 0.2) is 0 Å². The fraction of sp³-hybridized carbons (Fsp3) is 0.190. The lowest BCUT2D eigenvalue weighted by Crippen LogP contribution is -2.23. The van der Waals surface area contributed by atoms with Crippen LogP contribution in [0.5, 0.6) is 5.75 Å². The monoisotopic (exact) mass is 413 g/mol. The van der Waals surface area contributed by atoms with Gasteiger partial charge in [-0.25, -0.2) is 12.7 Å². The van der Waals surface area contributed by atoms with Crippen molar-refractivity contribution in [3.05, 3.63) is 72.1 Å². The van der Waals surface area contributed by atoms with E-state index in [0.717, 1.165) is 15.6 Å². The molecule has 0 spiro atoms. The Balaban J connectivity index is 1.93. The molecule has 0 atom stereocenters. The van der Waals surface area contributed by atoms with Gasteiger partial charge in [0.1, 0.15) is 10.6 Å². The first-order valence-electron chi connectivity index (χ1n) is 8.90. The minimum Gasteiger partial charge on any atom is -0.495 e. The Morgan fingerprint density at radius 2 is 1.76 bits per heavy atom. The van der Waals surface area contributed by atoms with Crippen molar-refractivity contribution in [1.29, 1.82) is 0 Å². The smallest absolute Gasteiger partial charge is 0.255 e. The van der Waals surface area contributed by atoms with Crippen molar-refractivity contribution in [3.63, 3.8) is 0 Å². The third-order valence-corrected chi connectivity index (χ3v) is 6.37. The van der Waals surface area contributed by atoms with Crippen molar-refractivity contribution in [2.24, 2.45) is 0 Å². The quantitative estimate of drug-likeness (QED) is 0.672. The highest BCUT2D eigenvalue weighted by Gasteiger charge is 2.23. The summed E-state index contributed by atoms with van der Waals surface area (Å²) < 4.78 is 33.3. The second-order valence-corrected chi connectivity index (χ2v) is 8.82. The second kappa shape index (κ2) is 8.10. The number of benzene rings is 2. The normalized spacial score (nSPS) is 11.5. The number of rotatable bonds is 6. The van der Waals surface area contributed by atoms with Gasteiger partial charge in [0.05, 0.1) is 7.11 Å². The highest BCUT2D eigenvalue weighted by Crippen LogP contribution is 2.29. The number of anilines is 1. The van der Waals surface area contributed by atoms with Crippen molar-refractivity contribution in [3.8, 4) is 11.4 Å². The van der Waals surface area contributed by atoms with E-state index in [1.165, 1.54) is 33.3 Å². The number of hydrogen-bond acceptors (Lipinski definition) is 4. The van der Waals surface area contributed by atoms with E-state index in [-0.39, 0.29) is 16.6 Å². The molecule has 0 radical (unpaired) electrons. The summed E-state index contributed by atoms with van der Waals surface area (Å²) in [5.74, 6) is -0.126. The zero-order valence-electron chi connectivity index (χ0n) is 16.7. The maximum absolute atomic E-state index is 12.8. The van der Waals surface area contributed by atoms with E-state index < -0.39 is 10.0 Å². The predicted octanol–water partition coefficient (Wildman–Crippen LogP) is 3.30. The molecule has 3 rings (SSSR count). The Kier molecular flexibility index (Phi) is 5.76. The van der Waals surface area contributed by atoms with Crippen LogP contribution in [0.4, 0.5) is 5.69 Å². The summed E-state index contributed by atoms with van der Waals surface area (Å²) in [6.45, 7) is 1.97. The van der Waals surface area contributed by atoms with Crippen molar-refractivity contribution in [2.75, 3.05) is 26.5 Å². The van der Waals surface area contributed by atoms with E-state index in [1.807, 2.05) is 42.1 Å². The van der Waals surface area contributed by atoms with Crippen LogP contribution in [0, 0.1) is 6.92 Å². The molecule has 0 saturated heterocycles. The second-order valence-electron chi connectivity index (χ2n) is 6.70. The molecule has 7 nitrogen and oxygen atoms in total. The van der Waals surface area contributed by atoms with E-state index in [1.54, 1.807) is 18.2 Å². The average molecular weight is 413 g/mol. The SMILES string of the molecule is COc1ccc(NC(=O)c2ccc(C)c(-n3cccc3)c2)cc1S(=O)(=O)N(C)C. The topological polar surface area (TPSA) is 80.6 Å². The Morgan fingerprint density at radius 3 is 2.38 bits per heavy atom. The molecule has 1 aromatic heterocycles. The van der Waals surface area contributed by atoms with Gasteiger partial charge in [-0.2, -0.15) is 0 Å². The summed E-state index contributed by atoms with van der Waals surface area (Å²) in [7, 11) is 0.548. The first kappa shape index (κ1) is 20.6. The Hall–Kier alpha value is -3.10. The maximum atomic E-state index is 12.8. The molecule has 0 saturated carbocycles. The van der Waals surface area contributed by atoms with Gasteiger partial charge in [-0.1, -0.05) is 6.07 Å². The van der Waals surface area contributed by atoms with Gasteiger partial charge in [0.2, 0.25) is 10.0 Å². The third kappa shape index (κ3) is 4.18. The van der Waals surface area contributed by atoms with Crippen molar-refractivity contribution in [1.82, 2.24) is 8.87 Å². The summed E-state index contributed by atoms with van der Waals surface area (Å²) in [6, 6.07) is 13.8. The summed E-state index contributed by atoms with van der Waals surface area (Å²) in [4.78, 5) is 12.8. The van der Waals surface area contributed by atoms with Crippen molar-refractivity contribution < 1.29 is 17.9 Å². The number of sulfonamides is 1. The van der Waals surface area contributed by atoms with E-state index >= 15 is 0 Å². The van der Waals surface area contributed by atoms with Gasteiger partial charge >= 0.3 is 0 Å². The highest BCUT2D eigenvalue weighted by molar-refractivity contribution is 7.89. The molecule has 1 amide bonds. The number of ether oxygens (including phenoxy) is 1. The average Bonchev–Trinajstić information content (AvgIpc) is 3.22. The molecule has 0 aliphatic heterocycles. The largest absolute Gasteiger partial charge is 0.495 e. The number of aryl methyl sites for hydroxylation is 1. The minimum absolute atomic E-state index is 0.0141. The summed E-state index contributed by atoms with van der Waals surface area (Å²) >= 11 is 0. The van der Waals surface area contributed by atoms with E-state index in [2.05, 4.69) is 5.32 Å². The van der Waals surface area contributed by atoms with Crippen LogP contribution in [0.15, 0.2) is 65.8 Å². The van der Waals surface area contributed by atoms with Crippen LogP contribution in [0.1, 0.15) is 15.9 Å². The maximum Gasteiger partial charge on any atom is 0.255 e. The molecule has 0 aliphatic carbocycles. The van der Waals surface area contributed by atoms with Gasteiger partial charge in [-0.15, -0.1) is 0 Å².